The Morgan fingerprint density at radius 2 is 1.27 bits per heavy atom. The summed E-state index contributed by atoms with van der Waals surface area (Å²) in [7, 11) is 0. The van der Waals surface area contributed by atoms with Gasteiger partial charge in [0.25, 0.3) is 0 Å². The highest BCUT2D eigenvalue weighted by Gasteiger charge is 2.16. The number of carbonyl (C=O) groups excluding carboxylic acids is 1. The lowest BCUT2D eigenvalue weighted by molar-refractivity contribution is 0.0527. The number of esters is 1. The highest BCUT2D eigenvalue weighted by Crippen LogP contribution is 2.21. The number of aromatic carboxylic acids is 1. The minimum Gasteiger partial charge on any atom is -0.477 e. The van der Waals surface area contributed by atoms with E-state index in [1.807, 2.05) is 48.5 Å². The number of hydrogen-bond acceptors (Lipinski definition) is 9. The lowest BCUT2D eigenvalue weighted by Crippen LogP contribution is -2.06. The monoisotopic (exact) mass is 648 g/mol. The zero-order valence-corrected chi connectivity index (χ0v) is 24.8. The minimum atomic E-state index is -1.09. The lowest BCUT2D eigenvalue weighted by Gasteiger charge is -2.04. The van der Waals surface area contributed by atoms with Gasteiger partial charge in [0, 0.05) is 35.6 Å². The van der Waals surface area contributed by atoms with E-state index in [1.165, 1.54) is 10.9 Å². The molecule has 0 saturated carbocycles. The first-order valence-corrected chi connectivity index (χ1v) is 14.0. The number of aromatic nitrogens is 6. The fourth-order valence-corrected chi connectivity index (χ4v) is 4.78. The standard InChI is InChI=1S/C16H15ClN4O2.C14H11ClN4O2.CH4/c1-2-23-16(22)13-9-21(20-15(13)18)8-10-3-4-14-11(5-10)6-12(17)7-19-14;15-10-4-9-3-8(1-2-12(9)17-5-10)6-19-7-11(14(20)21)13(16)18-19;/h3-7,9H,2,8H2,1H3,(H2,18,20);1-5,7H,6H2,(H2,16,18)(H,20,21);1H4. The number of benzene rings is 2. The summed E-state index contributed by atoms with van der Waals surface area (Å²) in [5.41, 5.74) is 15.3. The van der Waals surface area contributed by atoms with Crippen LogP contribution in [0.4, 0.5) is 11.6 Å². The van der Waals surface area contributed by atoms with Gasteiger partial charge in [-0.05, 0) is 54.4 Å². The average Bonchev–Trinajstić information content (AvgIpc) is 3.54. The molecule has 0 radical (unpaired) electrons. The molecule has 0 atom stereocenters. The Labute approximate surface area is 268 Å². The van der Waals surface area contributed by atoms with E-state index in [0.717, 1.165) is 32.9 Å². The first-order chi connectivity index (χ1) is 21.1. The number of carboxylic acids is 1. The van der Waals surface area contributed by atoms with Crippen molar-refractivity contribution in [2.75, 3.05) is 18.1 Å². The minimum absolute atomic E-state index is 0. The van der Waals surface area contributed by atoms with Crippen molar-refractivity contribution in [3.63, 3.8) is 0 Å². The Kier molecular flexibility index (Phi) is 10.2. The number of halogens is 2. The van der Waals surface area contributed by atoms with E-state index in [9.17, 15) is 9.59 Å². The van der Waals surface area contributed by atoms with Gasteiger partial charge in [0.2, 0.25) is 0 Å². The van der Waals surface area contributed by atoms with Crippen LogP contribution in [0.2, 0.25) is 10.0 Å². The van der Waals surface area contributed by atoms with Crippen molar-refractivity contribution in [3.8, 4) is 0 Å². The van der Waals surface area contributed by atoms with Crippen molar-refractivity contribution in [1.82, 2.24) is 29.5 Å². The van der Waals surface area contributed by atoms with Gasteiger partial charge in [0.15, 0.2) is 11.6 Å². The van der Waals surface area contributed by atoms with Crippen LogP contribution in [0.1, 0.15) is 46.2 Å². The molecule has 6 aromatic rings. The maximum Gasteiger partial charge on any atom is 0.343 e. The zero-order valence-electron chi connectivity index (χ0n) is 23.3. The lowest BCUT2D eigenvalue weighted by atomic mass is 10.1. The van der Waals surface area contributed by atoms with Gasteiger partial charge in [-0.1, -0.05) is 42.8 Å². The van der Waals surface area contributed by atoms with Crippen molar-refractivity contribution in [3.05, 3.63) is 106 Å². The first-order valence-electron chi connectivity index (χ1n) is 13.2. The second-order valence-corrected chi connectivity index (χ2v) is 10.5. The molecule has 0 bridgehead atoms. The second-order valence-electron chi connectivity index (χ2n) is 9.64. The Bertz CT molecular complexity index is 2010. The molecule has 4 aromatic heterocycles. The van der Waals surface area contributed by atoms with E-state index in [1.54, 1.807) is 30.2 Å². The van der Waals surface area contributed by atoms with Gasteiger partial charge in [-0.2, -0.15) is 10.2 Å². The van der Waals surface area contributed by atoms with Crippen LogP contribution in [0.15, 0.2) is 73.3 Å². The van der Waals surface area contributed by atoms with E-state index < -0.39 is 11.9 Å². The largest absolute Gasteiger partial charge is 0.477 e. The van der Waals surface area contributed by atoms with Gasteiger partial charge in [0.1, 0.15) is 11.1 Å². The van der Waals surface area contributed by atoms with E-state index >= 15 is 0 Å². The zero-order chi connectivity index (χ0) is 31.4. The summed E-state index contributed by atoms with van der Waals surface area (Å²) in [6, 6.07) is 15.3. The molecule has 45 heavy (non-hydrogen) atoms. The van der Waals surface area contributed by atoms with E-state index in [2.05, 4.69) is 20.2 Å². The molecule has 0 aliphatic carbocycles. The molecule has 12 nitrogen and oxygen atoms in total. The molecule has 14 heteroatoms. The summed E-state index contributed by atoms with van der Waals surface area (Å²) in [5.74, 6) is -1.39. The molecule has 5 N–H and O–H groups in total. The van der Waals surface area contributed by atoms with Gasteiger partial charge >= 0.3 is 11.9 Å². The van der Waals surface area contributed by atoms with Gasteiger partial charge in [-0.3, -0.25) is 19.3 Å². The smallest absolute Gasteiger partial charge is 0.343 e. The maximum absolute atomic E-state index is 11.8. The molecule has 0 amide bonds. The molecule has 0 spiro atoms. The van der Waals surface area contributed by atoms with E-state index in [0.29, 0.717) is 29.7 Å². The van der Waals surface area contributed by atoms with Crippen LogP contribution in [0.3, 0.4) is 0 Å². The molecular weight excluding hydrogens is 619 g/mol. The maximum atomic E-state index is 11.8. The topological polar surface area (TPSA) is 177 Å². The third-order valence-electron chi connectivity index (χ3n) is 6.42. The Morgan fingerprint density at radius 1 is 0.800 bits per heavy atom. The SMILES string of the molecule is C.CCOC(=O)c1cn(Cc2ccc3ncc(Cl)cc3c2)nc1N.Nc1nn(Cc2ccc3ncc(Cl)cc3c2)cc1C(=O)O. The molecule has 0 unspecified atom stereocenters. The van der Waals surface area contributed by atoms with E-state index in [4.69, 9.17) is 44.5 Å². The normalized spacial score (nSPS) is 10.6. The van der Waals surface area contributed by atoms with Gasteiger partial charge in [-0.25, -0.2) is 9.59 Å². The van der Waals surface area contributed by atoms with Crippen molar-refractivity contribution < 1.29 is 19.4 Å². The van der Waals surface area contributed by atoms with Crippen LogP contribution < -0.4 is 11.5 Å². The third kappa shape index (κ3) is 7.85. The van der Waals surface area contributed by atoms with Gasteiger partial charge in [-0.15, -0.1) is 0 Å². The van der Waals surface area contributed by atoms with Crippen LogP contribution in [-0.2, 0) is 17.8 Å². The molecule has 0 fully saturated rings. The Balaban J connectivity index is 0.000000201. The van der Waals surface area contributed by atoms with Crippen molar-refractivity contribution in [2.24, 2.45) is 0 Å². The van der Waals surface area contributed by atoms with Gasteiger partial charge in [0.05, 0.1) is 40.8 Å². The van der Waals surface area contributed by atoms with Crippen LogP contribution >= 0.6 is 23.2 Å². The number of hydrogen-bond donors (Lipinski definition) is 3. The van der Waals surface area contributed by atoms with Crippen LogP contribution in [-0.4, -0.2) is 53.2 Å². The fraction of sp³-hybridized carbons (Fsp3) is 0.161. The van der Waals surface area contributed by atoms with Crippen LogP contribution in [0, 0.1) is 0 Å². The van der Waals surface area contributed by atoms with Crippen LogP contribution in [0.25, 0.3) is 21.8 Å². The van der Waals surface area contributed by atoms with Crippen molar-refractivity contribution in [2.45, 2.75) is 27.4 Å². The second kappa shape index (κ2) is 14.1. The summed E-state index contributed by atoms with van der Waals surface area (Å²) in [4.78, 5) is 31.2. The van der Waals surface area contributed by atoms with E-state index in [-0.39, 0.29) is 30.2 Å². The predicted octanol–water partition coefficient (Wildman–Crippen LogP) is 5.94. The average molecular weight is 650 g/mol. The number of nitrogens with zero attached hydrogens (tertiary/aromatic N) is 6. The number of nitrogens with two attached hydrogens (primary N) is 2. The predicted molar refractivity (Wildman–Crippen MR) is 175 cm³/mol. The van der Waals surface area contributed by atoms with Crippen molar-refractivity contribution in [1.29, 1.82) is 0 Å². The number of anilines is 2. The summed E-state index contributed by atoms with van der Waals surface area (Å²) in [6.45, 7) is 2.93. The van der Waals surface area contributed by atoms with Gasteiger partial charge < -0.3 is 21.3 Å². The summed E-state index contributed by atoms with van der Waals surface area (Å²) >= 11 is 11.9. The first kappa shape index (κ1) is 32.7. The molecule has 4 heterocycles. The van der Waals surface area contributed by atoms with Crippen molar-refractivity contribution >= 4 is 68.6 Å². The number of carboxylic acid groups (broad SMARTS) is 1. The molecular formula is C31H30Cl2N8O4. The molecule has 0 aliphatic rings. The van der Waals surface area contributed by atoms with Crippen LogP contribution in [0.5, 0.6) is 0 Å². The molecule has 6 rings (SSSR count). The number of ether oxygens (including phenoxy) is 1. The number of rotatable bonds is 7. The quantitative estimate of drug-likeness (QED) is 0.175. The Hall–Kier alpha value is -5.20. The number of carbonyl (C=O) groups is 2. The highest BCUT2D eigenvalue weighted by molar-refractivity contribution is 6.31. The fourth-order valence-electron chi connectivity index (χ4n) is 4.44. The third-order valence-corrected chi connectivity index (χ3v) is 6.83. The number of fused-ring (bicyclic) bond motifs is 2. The summed E-state index contributed by atoms with van der Waals surface area (Å²) in [5, 5.41) is 20.1. The highest BCUT2D eigenvalue weighted by atomic mass is 35.5. The number of nitrogen functional groups attached to an aromatic ring is 2. The Morgan fingerprint density at radius 3 is 1.71 bits per heavy atom. The molecule has 0 saturated heterocycles. The molecule has 232 valence electrons. The number of pyridine rings is 2. The summed E-state index contributed by atoms with van der Waals surface area (Å²) < 4.78 is 8.06. The summed E-state index contributed by atoms with van der Waals surface area (Å²) in [6.07, 6.45) is 6.21. The molecule has 2 aromatic carbocycles. The molecule has 0 aliphatic heterocycles.